The van der Waals surface area contributed by atoms with E-state index in [0.717, 1.165) is 37.0 Å². The molecule has 0 heterocycles. The SMILES string of the molecule is O=C(COC(=O)CNC(=O)CC12CC3CC(CC(C3)C1)C2)NCc1ccccc1F. The number of hydrogen-bond acceptors (Lipinski definition) is 4. The molecule has 1 aromatic rings. The molecule has 6 nitrogen and oxygen atoms in total. The van der Waals surface area contributed by atoms with Crippen molar-refractivity contribution in [2.24, 2.45) is 23.2 Å². The van der Waals surface area contributed by atoms with Gasteiger partial charge in [0.05, 0.1) is 0 Å². The van der Waals surface area contributed by atoms with Gasteiger partial charge in [0.1, 0.15) is 12.4 Å². The van der Waals surface area contributed by atoms with Crippen LogP contribution in [0.2, 0.25) is 0 Å². The average Bonchev–Trinajstić information content (AvgIpc) is 2.68. The molecule has 30 heavy (non-hydrogen) atoms. The average molecular weight is 416 g/mol. The smallest absolute Gasteiger partial charge is 0.325 e. The summed E-state index contributed by atoms with van der Waals surface area (Å²) in [7, 11) is 0. The van der Waals surface area contributed by atoms with Crippen LogP contribution in [0.1, 0.15) is 50.5 Å². The van der Waals surface area contributed by atoms with E-state index in [1.165, 1.54) is 25.3 Å². The molecule has 4 aliphatic rings. The van der Waals surface area contributed by atoms with Crippen molar-refractivity contribution < 1.29 is 23.5 Å². The van der Waals surface area contributed by atoms with E-state index in [1.54, 1.807) is 18.2 Å². The van der Waals surface area contributed by atoms with Crippen molar-refractivity contribution in [2.45, 2.75) is 51.5 Å². The number of amides is 2. The first-order valence-corrected chi connectivity index (χ1v) is 10.8. The molecule has 0 radical (unpaired) electrons. The fourth-order valence-electron chi connectivity index (χ4n) is 6.16. The zero-order valence-corrected chi connectivity index (χ0v) is 17.1. The maximum absolute atomic E-state index is 13.5. The van der Waals surface area contributed by atoms with Gasteiger partial charge in [-0.2, -0.15) is 0 Å². The van der Waals surface area contributed by atoms with Gasteiger partial charge in [-0.3, -0.25) is 14.4 Å². The molecule has 0 aromatic heterocycles. The Kier molecular flexibility index (Phi) is 6.06. The van der Waals surface area contributed by atoms with Crippen LogP contribution < -0.4 is 10.6 Å². The molecule has 4 bridgehead atoms. The van der Waals surface area contributed by atoms with Crippen molar-refractivity contribution in [1.82, 2.24) is 10.6 Å². The largest absolute Gasteiger partial charge is 0.454 e. The van der Waals surface area contributed by atoms with Gasteiger partial charge in [0.2, 0.25) is 5.91 Å². The lowest BCUT2D eigenvalue weighted by molar-refractivity contribution is -0.148. The predicted octanol–water partition coefficient (Wildman–Crippen LogP) is 2.71. The normalized spacial score (nSPS) is 28.8. The van der Waals surface area contributed by atoms with Gasteiger partial charge in [0.25, 0.3) is 5.91 Å². The van der Waals surface area contributed by atoms with Crippen molar-refractivity contribution >= 4 is 17.8 Å². The van der Waals surface area contributed by atoms with Gasteiger partial charge < -0.3 is 15.4 Å². The molecule has 4 aliphatic carbocycles. The number of rotatable bonds is 8. The Morgan fingerprint density at radius 2 is 1.60 bits per heavy atom. The summed E-state index contributed by atoms with van der Waals surface area (Å²) in [5.74, 6) is 0.626. The van der Waals surface area contributed by atoms with Crippen molar-refractivity contribution in [2.75, 3.05) is 13.2 Å². The van der Waals surface area contributed by atoms with E-state index < -0.39 is 24.3 Å². The summed E-state index contributed by atoms with van der Waals surface area (Å²) in [6.45, 7) is -0.686. The second-order valence-electron chi connectivity index (χ2n) is 9.40. The molecule has 2 amide bonds. The summed E-state index contributed by atoms with van der Waals surface area (Å²) >= 11 is 0. The van der Waals surface area contributed by atoms with E-state index in [2.05, 4.69) is 10.6 Å². The van der Waals surface area contributed by atoms with E-state index in [9.17, 15) is 18.8 Å². The first kappa shape index (κ1) is 20.8. The van der Waals surface area contributed by atoms with Crippen LogP contribution in [0.25, 0.3) is 0 Å². The minimum atomic E-state index is -0.657. The Morgan fingerprint density at radius 1 is 0.967 bits per heavy atom. The maximum Gasteiger partial charge on any atom is 0.325 e. The summed E-state index contributed by atoms with van der Waals surface area (Å²) in [5, 5.41) is 5.15. The fraction of sp³-hybridized carbons (Fsp3) is 0.609. The Morgan fingerprint density at radius 3 is 2.23 bits per heavy atom. The van der Waals surface area contributed by atoms with Gasteiger partial charge in [0, 0.05) is 18.5 Å². The molecular formula is C23H29FN2O4. The van der Waals surface area contributed by atoms with Crippen molar-refractivity contribution in [3.63, 3.8) is 0 Å². The molecule has 0 aliphatic heterocycles. The van der Waals surface area contributed by atoms with Crippen LogP contribution in [0.15, 0.2) is 24.3 Å². The number of carbonyl (C=O) groups is 3. The third-order valence-corrected chi connectivity index (χ3v) is 6.93. The Labute approximate surface area is 175 Å². The summed E-state index contributed by atoms with van der Waals surface area (Å²) in [6.07, 6.45) is 7.87. The molecule has 162 valence electrons. The maximum atomic E-state index is 13.5. The van der Waals surface area contributed by atoms with Crippen molar-refractivity contribution in [3.05, 3.63) is 35.6 Å². The Bertz CT molecular complexity index is 790. The Hall–Kier alpha value is -2.44. The molecule has 5 rings (SSSR count). The molecule has 0 saturated heterocycles. The van der Waals surface area contributed by atoms with Crippen molar-refractivity contribution in [1.29, 1.82) is 0 Å². The second kappa shape index (κ2) is 8.74. The summed E-state index contributed by atoms with van der Waals surface area (Å²) < 4.78 is 18.4. The zero-order valence-electron chi connectivity index (χ0n) is 17.1. The van der Waals surface area contributed by atoms with Gasteiger partial charge >= 0.3 is 5.97 Å². The van der Waals surface area contributed by atoms with E-state index in [-0.39, 0.29) is 24.4 Å². The van der Waals surface area contributed by atoms with Crippen LogP contribution in [0.4, 0.5) is 4.39 Å². The molecule has 4 saturated carbocycles. The summed E-state index contributed by atoms with van der Waals surface area (Å²) in [6, 6.07) is 6.13. The lowest BCUT2D eigenvalue weighted by atomic mass is 9.49. The monoisotopic (exact) mass is 416 g/mol. The van der Waals surface area contributed by atoms with Gasteiger partial charge in [0.15, 0.2) is 6.61 Å². The molecule has 0 unspecified atom stereocenters. The molecule has 4 fully saturated rings. The molecule has 7 heteroatoms. The number of carbonyl (C=O) groups excluding carboxylic acids is 3. The number of nitrogens with one attached hydrogen (secondary N) is 2. The predicted molar refractivity (Wildman–Crippen MR) is 107 cm³/mol. The molecular weight excluding hydrogens is 387 g/mol. The number of ether oxygens (including phenoxy) is 1. The quantitative estimate of drug-likeness (QED) is 0.638. The fourth-order valence-corrected chi connectivity index (χ4v) is 6.16. The van der Waals surface area contributed by atoms with Gasteiger partial charge in [-0.1, -0.05) is 18.2 Å². The van der Waals surface area contributed by atoms with Gasteiger partial charge in [-0.05, 0) is 67.8 Å². The van der Waals surface area contributed by atoms with E-state index in [0.29, 0.717) is 12.0 Å². The van der Waals surface area contributed by atoms with E-state index in [4.69, 9.17) is 4.74 Å². The Balaban J connectivity index is 1.14. The third kappa shape index (κ3) is 4.99. The highest BCUT2D eigenvalue weighted by Gasteiger charge is 2.51. The number of halogens is 1. The van der Waals surface area contributed by atoms with Crippen LogP contribution in [0.5, 0.6) is 0 Å². The number of hydrogen-bond donors (Lipinski definition) is 2. The van der Waals surface area contributed by atoms with Gasteiger partial charge in [-0.15, -0.1) is 0 Å². The highest BCUT2D eigenvalue weighted by molar-refractivity contribution is 5.84. The molecule has 0 atom stereocenters. The highest BCUT2D eigenvalue weighted by atomic mass is 19.1. The second-order valence-corrected chi connectivity index (χ2v) is 9.40. The van der Waals surface area contributed by atoms with E-state index in [1.807, 2.05) is 0 Å². The first-order valence-electron chi connectivity index (χ1n) is 10.8. The number of esters is 1. The summed E-state index contributed by atoms with van der Waals surface area (Å²) in [4.78, 5) is 36.1. The topological polar surface area (TPSA) is 84.5 Å². The van der Waals surface area contributed by atoms with Crippen molar-refractivity contribution in [3.8, 4) is 0 Å². The molecule has 2 N–H and O–H groups in total. The zero-order chi connectivity index (χ0) is 21.1. The molecule has 0 spiro atoms. The first-order chi connectivity index (χ1) is 14.4. The van der Waals surface area contributed by atoms with Gasteiger partial charge in [-0.25, -0.2) is 4.39 Å². The van der Waals surface area contributed by atoms with Crippen LogP contribution in [0, 0.1) is 29.0 Å². The minimum Gasteiger partial charge on any atom is -0.454 e. The standard InChI is InChI=1S/C23H29FN2O4/c24-19-4-2-1-3-18(19)12-25-21(28)14-30-22(29)13-26-20(27)11-23-8-15-5-16(9-23)7-17(6-15)10-23/h1-4,15-17H,5-14H2,(H,25,28)(H,26,27). The number of benzene rings is 1. The van der Waals surface area contributed by atoms with E-state index >= 15 is 0 Å². The van der Waals surface area contributed by atoms with Crippen LogP contribution >= 0.6 is 0 Å². The van der Waals surface area contributed by atoms with Crippen LogP contribution in [-0.2, 0) is 25.7 Å². The van der Waals surface area contributed by atoms with Crippen LogP contribution in [0.3, 0.4) is 0 Å². The van der Waals surface area contributed by atoms with Crippen LogP contribution in [-0.4, -0.2) is 30.9 Å². The lowest BCUT2D eigenvalue weighted by Gasteiger charge is -2.56. The molecule has 1 aromatic carbocycles. The minimum absolute atomic E-state index is 0.0187. The third-order valence-electron chi connectivity index (χ3n) is 6.93. The summed E-state index contributed by atoms with van der Waals surface area (Å²) in [5.41, 5.74) is 0.476. The highest BCUT2D eigenvalue weighted by Crippen LogP contribution is 2.61. The lowest BCUT2D eigenvalue weighted by Crippen LogP contribution is -2.48.